The first-order valence-electron chi connectivity index (χ1n) is 9.12. The quantitative estimate of drug-likeness (QED) is 0.360. The van der Waals surface area contributed by atoms with Crippen LogP contribution >= 0.6 is 11.3 Å². The molecule has 0 bridgehead atoms. The Bertz CT molecular complexity index is 1250. The van der Waals surface area contributed by atoms with Gasteiger partial charge < -0.3 is 9.84 Å². The van der Waals surface area contributed by atoms with Gasteiger partial charge in [-0.05, 0) is 23.6 Å². The predicted octanol–water partition coefficient (Wildman–Crippen LogP) is 3.47. The van der Waals surface area contributed by atoms with E-state index in [1.165, 1.54) is 34.2 Å². The first-order chi connectivity index (χ1) is 14.5. The molecule has 0 radical (unpaired) electrons. The minimum Gasteiger partial charge on any atom is -0.491 e. The number of non-ortho nitro benzene ring substituents is 1. The molecule has 0 unspecified atom stereocenters. The van der Waals surface area contributed by atoms with Crippen molar-refractivity contribution in [2.75, 3.05) is 6.61 Å². The highest BCUT2D eigenvalue weighted by Gasteiger charge is 2.16. The van der Waals surface area contributed by atoms with Crippen molar-refractivity contribution in [1.29, 1.82) is 0 Å². The van der Waals surface area contributed by atoms with E-state index >= 15 is 0 Å². The maximum Gasteiger partial charge on any atom is 0.274 e. The summed E-state index contributed by atoms with van der Waals surface area (Å²) in [5, 5.41) is 29.0. The molecule has 1 atom stereocenters. The van der Waals surface area contributed by atoms with Crippen LogP contribution in [-0.2, 0) is 6.54 Å². The Balaban J connectivity index is 1.58. The van der Waals surface area contributed by atoms with Crippen LogP contribution in [0.15, 0.2) is 70.8 Å². The number of thiophene rings is 1. The van der Waals surface area contributed by atoms with E-state index in [0.29, 0.717) is 11.1 Å². The lowest BCUT2D eigenvalue weighted by atomic mass is 10.1. The van der Waals surface area contributed by atoms with Gasteiger partial charge in [-0.3, -0.25) is 14.9 Å². The second-order valence-electron chi connectivity index (χ2n) is 6.58. The molecule has 0 saturated carbocycles. The molecule has 2 heterocycles. The topological polar surface area (TPSA) is 107 Å². The Morgan fingerprint density at radius 2 is 1.93 bits per heavy atom. The number of nitrogens with zero attached hydrogens (tertiary/aromatic N) is 3. The molecule has 4 rings (SSSR count). The zero-order chi connectivity index (χ0) is 21.1. The number of aliphatic hydroxyl groups excluding tert-OH is 1. The van der Waals surface area contributed by atoms with Crippen LogP contribution in [-0.4, -0.2) is 32.5 Å². The summed E-state index contributed by atoms with van der Waals surface area (Å²) < 4.78 is 6.70. The van der Waals surface area contributed by atoms with Crippen molar-refractivity contribution >= 4 is 27.8 Å². The summed E-state index contributed by atoms with van der Waals surface area (Å²) in [5.41, 5.74) is 0.266. The minimum atomic E-state index is -1.04. The summed E-state index contributed by atoms with van der Waals surface area (Å²) >= 11 is 1.52. The van der Waals surface area contributed by atoms with Crippen LogP contribution in [0.5, 0.6) is 5.75 Å². The summed E-state index contributed by atoms with van der Waals surface area (Å²) in [4.78, 5) is 24.1. The third kappa shape index (κ3) is 4.07. The summed E-state index contributed by atoms with van der Waals surface area (Å²) in [7, 11) is 0. The fourth-order valence-electron chi connectivity index (χ4n) is 3.09. The van der Waals surface area contributed by atoms with Gasteiger partial charge in [-0.25, -0.2) is 4.68 Å². The first-order valence-corrected chi connectivity index (χ1v) is 10.00. The normalized spacial score (nSPS) is 12.0. The fraction of sp³-hybridized carbons (Fsp3) is 0.143. The van der Waals surface area contributed by atoms with Gasteiger partial charge in [-0.1, -0.05) is 30.3 Å². The third-order valence-electron chi connectivity index (χ3n) is 4.48. The van der Waals surface area contributed by atoms with Gasteiger partial charge in [0.2, 0.25) is 0 Å². The van der Waals surface area contributed by atoms with Crippen LogP contribution < -0.4 is 10.3 Å². The standard InChI is InChI=1S/C21H17N3O5S/c25-15(13-29-16-6-3-5-14(11-16)24(27)28)12-23-21(26)18-8-2-1-7-17(18)20(22-23)19-9-4-10-30-19/h1-11,15,25H,12-13H2/t15-/m0/s1. The number of ether oxygens (including phenoxy) is 1. The molecule has 0 amide bonds. The van der Waals surface area contributed by atoms with Gasteiger partial charge in [0.1, 0.15) is 24.2 Å². The molecule has 0 spiro atoms. The molecule has 0 fully saturated rings. The molecule has 1 N–H and O–H groups in total. The SMILES string of the molecule is O=c1c2ccccc2c(-c2cccs2)nn1C[C@H](O)COc1cccc([N+](=O)[O-])c1. The maximum absolute atomic E-state index is 12.9. The largest absolute Gasteiger partial charge is 0.491 e. The van der Waals surface area contributed by atoms with E-state index in [1.807, 2.05) is 29.6 Å². The van der Waals surface area contributed by atoms with Crippen LogP contribution in [0.25, 0.3) is 21.3 Å². The van der Waals surface area contributed by atoms with Crippen LogP contribution in [0.2, 0.25) is 0 Å². The lowest BCUT2D eigenvalue weighted by molar-refractivity contribution is -0.384. The van der Waals surface area contributed by atoms with Crippen LogP contribution in [0.3, 0.4) is 0 Å². The van der Waals surface area contributed by atoms with Gasteiger partial charge in [0.25, 0.3) is 11.2 Å². The Morgan fingerprint density at radius 3 is 2.67 bits per heavy atom. The molecule has 0 aliphatic rings. The molecule has 2 aromatic heterocycles. The van der Waals surface area contributed by atoms with Gasteiger partial charge in [0.15, 0.2) is 0 Å². The van der Waals surface area contributed by atoms with E-state index in [-0.39, 0.29) is 30.1 Å². The van der Waals surface area contributed by atoms with E-state index in [4.69, 9.17) is 4.74 Å². The van der Waals surface area contributed by atoms with Crippen molar-refractivity contribution in [1.82, 2.24) is 9.78 Å². The van der Waals surface area contributed by atoms with E-state index in [0.717, 1.165) is 10.3 Å². The lowest BCUT2D eigenvalue weighted by Gasteiger charge is -2.15. The molecule has 4 aromatic rings. The molecule has 9 heteroatoms. The summed E-state index contributed by atoms with van der Waals surface area (Å²) in [6.07, 6.45) is -1.04. The van der Waals surface area contributed by atoms with Crippen LogP contribution in [0, 0.1) is 10.1 Å². The van der Waals surface area contributed by atoms with Crippen molar-refractivity contribution < 1.29 is 14.8 Å². The number of hydrogen-bond donors (Lipinski definition) is 1. The van der Waals surface area contributed by atoms with Crippen LogP contribution in [0.4, 0.5) is 5.69 Å². The van der Waals surface area contributed by atoms with E-state index in [9.17, 15) is 20.0 Å². The highest BCUT2D eigenvalue weighted by molar-refractivity contribution is 7.13. The van der Waals surface area contributed by atoms with Gasteiger partial charge in [-0.15, -0.1) is 11.3 Å². The summed E-state index contributed by atoms with van der Waals surface area (Å²) in [6, 6.07) is 16.8. The molecule has 0 aliphatic heterocycles. The van der Waals surface area contributed by atoms with Crippen molar-refractivity contribution in [2.24, 2.45) is 0 Å². The van der Waals surface area contributed by atoms with E-state index in [2.05, 4.69) is 5.10 Å². The smallest absolute Gasteiger partial charge is 0.274 e. The molecule has 0 saturated heterocycles. The van der Waals surface area contributed by atoms with E-state index in [1.54, 1.807) is 18.2 Å². The summed E-state index contributed by atoms with van der Waals surface area (Å²) in [6.45, 7) is -0.215. The van der Waals surface area contributed by atoms with Gasteiger partial charge in [-0.2, -0.15) is 5.10 Å². The van der Waals surface area contributed by atoms with Crippen LogP contribution in [0.1, 0.15) is 0 Å². The predicted molar refractivity (Wildman–Crippen MR) is 114 cm³/mol. The Morgan fingerprint density at radius 1 is 1.13 bits per heavy atom. The minimum absolute atomic E-state index is 0.0725. The third-order valence-corrected chi connectivity index (χ3v) is 5.35. The Hall–Kier alpha value is -3.56. The van der Waals surface area contributed by atoms with E-state index < -0.39 is 11.0 Å². The van der Waals surface area contributed by atoms with Crippen molar-refractivity contribution in [3.63, 3.8) is 0 Å². The molecule has 30 heavy (non-hydrogen) atoms. The maximum atomic E-state index is 12.9. The number of rotatable bonds is 7. The van der Waals surface area contributed by atoms with Crippen molar-refractivity contribution in [2.45, 2.75) is 12.6 Å². The number of nitro groups is 1. The Labute approximate surface area is 174 Å². The molecule has 2 aromatic carbocycles. The highest BCUT2D eigenvalue weighted by atomic mass is 32.1. The van der Waals surface area contributed by atoms with Gasteiger partial charge in [0.05, 0.1) is 27.8 Å². The number of aliphatic hydroxyl groups is 1. The second kappa shape index (κ2) is 8.44. The number of nitro benzene ring substituents is 1. The zero-order valence-corrected chi connectivity index (χ0v) is 16.5. The molecular weight excluding hydrogens is 406 g/mol. The highest BCUT2D eigenvalue weighted by Crippen LogP contribution is 2.28. The fourth-order valence-corrected chi connectivity index (χ4v) is 3.81. The Kier molecular flexibility index (Phi) is 5.55. The average molecular weight is 423 g/mol. The number of benzene rings is 2. The summed E-state index contributed by atoms with van der Waals surface area (Å²) in [5.74, 6) is 0.265. The number of hydrogen-bond acceptors (Lipinski definition) is 7. The van der Waals surface area contributed by atoms with Crippen molar-refractivity contribution in [3.8, 4) is 16.3 Å². The number of aromatic nitrogens is 2. The van der Waals surface area contributed by atoms with Gasteiger partial charge in [0, 0.05) is 11.5 Å². The second-order valence-corrected chi connectivity index (χ2v) is 7.53. The van der Waals surface area contributed by atoms with Crippen molar-refractivity contribution in [3.05, 3.63) is 86.5 Å². The average Bonchev–Trinajstić information content (AvgIpc) is 3.29. The molecular formula is C21H17N3O5S. The molecule has 8 nitrogen and oxygen atoms in total. The first kappa shape index (κ1) is 19.7. The van der Waals surface area contributed by atoms with Gasteiger partial charge >= 0.3 is 0 Å². The zero-order valence-electron chi connectivity index (χ0n) is 15.7. The number of fused-ring (bicyclic) bond motifs is 1. The molecule has 0 aliphatic carbocycles. The monoisotopic (exact) mass is 423 g/mol. The lowest BCUT2D eigenvalue weighted by Crippen LogP contribution is -2.32. The molecule has 152 valence electrons.